The van der Waals surface area contributed by atoms with Crippen molar-refractivity contribution in [3.63, 3.8) is 0 Å². The Bertz CT molecular complexity index is 569. The average molecular weight is 243 g/mol. The topological polar surface area (TPSA) is 93.8 Å². The van der Waals surface area contributed by atoms with Gasteiger partial charge in [-0.1, -0.05) is 0 Å². The molecule has 1 aliphatic rings. The van der Waals surface area contributed by atoms with Gasteiger partial charge in [-0.2, -0.15) is 10.4 Å². The Balaban J connectivity index is 2.35. The Morgan fingerprint density at radius 2 is 2.00 bits per heavy atom. The molecular weight excluding hydrogens is 234 g/mol. The fraction of sp³-hybridized carbons (Fsp3) is 0.167. The van der Waals surface area contributed by atoms with Crippen LogP contribution in [0.1, 0.15) is 18.4 Å². The first kappa shape index (κ1) is 11.8. The van der Waals surface area contributed by atoms with Crippen LogP contribution in [0.3, 0.4) is 0 Å². The van der Waals surface area contributed by atoms with E-state index in [-0.39, 0.29) is 24.5 Å². The molecule has 90 valence electrons. The molecule has 0 fully saturated rings. The van der Waals surface area contributed by atoms with Crippen LogP contribution in [0.5, 0.6) is 0 Å². The Labute approximate surface area is 103 Å². The van der Waals surface area contributed by atoms with Gasteiger partial charge in [0.25, 0.3) is 0 Å². The number of benzene rings is 1. The molecular formula is C12H9N3O3. The van der Waals surface area contributed by atoms with Crippen LogP contribution in [0, 0.1) is 11.3 Å². The number of aliphatic carboxylic acids is 1. The van der Waals surface area contributed by atoms with Crippen molar-refractivity contribution in [1.29, 1.82) is 5.26 Å². The van der Waals surface area contributed by atoms with Crippen LogP contribution in [-0.2, 0) is 9.59 Å². The molecule has 0 saturated heterocycles. The minimum Gasteiger partial charge on any atom is -0.477 e. The lowest BCUT2D eigenvalue weighted by molar-refractivity contribution is -0.129. The van der Waals surface area contributed by atoms with E-state index >= 15 is 0 Å². The molecule has 2 rings (SSSR count). The largest absolute Gasteiger partial charge is 0.477 e. The summed E-state index contributed by atoms with van der Waals surface area (Å²) in [7, 11) is 0. The normalized spacial score (nSPS) is 14.9. The lowest BCUT2D eigenvalue weighted by Gasteiger charge is -2.21. The van der Waals surface area contributed by atoms with Gasteiger partial charge in [-0.3, -0.25) is 4.79 Å². The highest BCUT2D eigenvalue weighted by molar-refractivity contribution is 6.37. The Hall–Kier alpha value is -2.68. The summed E-state index contributed by atoms with van der Waals surface area (Å²) < 4.78 is 0. The van der Waals surface area contributed by atoms with Crippen LogP contribution in [0.25, 0.3) is 0 Å². The molecule has 1 aromatic carbocycles. The number of carboxylic acids is 1. The minimum absolute atomic E-state index is 0.0426. The number of hydrazone groups is 1. The highest BCUT2D eigenvalue weighted by Crippen LogP contribution is 2.20. The van der Waals surface area contributed by atoms with Gasteiger partial charge in [-0.25, -0.2) is 9.80 Å². The third kappa shape index (κ3) is 2.20. The lowest BCUT2D eigenvalue weighted by atomic mass is 10.1. The standard InChI is InChI=1S/C12H9N3O3/c13-7-8-1-3-9(4-2-8)15-11(16)6-5-10(14-15)12(17)18/h1-4H,5-6H2,(H,17,18). The van der Waals surface area contributed by atoms with Gasteiger partial charge in [0.05, 0.1) is 17.3 Å². The zero-order chi connectivity index (χ0) is 13.1. The van der Waals surface area contributed by atoms with Gasteiger partial charge in [0.2, 0.25) is 5.91 Å². The van der Waals surface area contributed by atoms with Gasteiger partial charge in [-0.05, 0) is 24.3 Å². The molecule has 6 heteroatoms. The van der Waals surface area contributed by atoms with Gasteiger partial charge < -0.3 is 5.11 Å². The van der Waals surface area contributed by atoms with Gasteiger partial charge in [0.15, 0.2) is 0 Å². The molecule has 0 bridgehead atoms. The lowest BCUT2D eigenvalue weighted by Crippen LogP contribution is -2.34. The fourth-order valence-electron chi connectivity index (χ4n) is 1.59. The van der Waals surface area contributed by atoms with Crippen LogP contribution in [0.15, 0.2) is 29.4 Å². The predicted molar refractivity (Wildman–Crippen MR) is 62.9 cm³/mol. The molecule has 6 nitrogen and oxygen atoms in total. The van der Waals surface area contributed by atoms with Crippen molar-refractivity contribution >= 4 is 23.3 Å². The average Bonchev–Trinajstić information content (AvgIpc) is 2.39. The summed E-state index contributed by atoms with van der Waals surface area (Å²) in [5.41, 5.74) is 0.877. The van der Waals surface area contributed by atoms with E-state index in [4.69, 9.17) is 10.4 Å². The van der Waals surface area contributed by atoms with Gasteiger partial charge >= 0.3 is 5.97 Å². The van der Waals surface area contributed by atoms with Crippen molar-refractivity contribution < 1.29 is 14.7 Å². The van der Waals surface area contributed by atoms with E-state index in [1.165, 1.54) is 0 Å². The van der Waals surface area contributed by atoms with Crippen LogP contribution < -0.4 is 5.01 Å². The second-order valence-corrected chi connectivity index (χ2v) is 3.72. The van der Waals surface area contributed by atoms with Gasteiger partial charge in [-0.15, -0.1) is 0 Å². The maximum Gasteiger partial charge on any atom is 0.352 e. The zero-order valence-electron chi connectivity index (χ0n) is 9.33. The highest BCUT2D eigenvalue weighted by atomic mass is 16.4. The second-order valence-electron chi connectivity index (χ2n) is 3.72. The maximum atomic E-state index is 11.7. The molecule has 0 aliphatic carbocycles. The Morgan fingerprint density at radius 1 is 1.33 bits per heavy atom. The molecule has 1 aromatic rings. The Kier molecular flexibility index (Phi) is 3.06. The first-order valence-corrected chi connectivity index (χ1v) is 5.25. The van der Waals surface area contributed by atoms with Crippen molar-refractivity contribution in [2.45, 2.75) is 12.8 Å². The van der Waals surface area contributed by atoms with E-state index in [0.29, 0.717) is 11.3 Å². The van der Waals surface area contributed by atoms with E-state index in [2.05, 4.69) is 5.10 Å². The van der Waals surface area contributed by atoms with E-state index in [0.717, 1.165) is 5.01 Å². The van der Waals surface area contributed by atoms with E-state index in [1.807, 2.05) is 6.07 Å². The number of hydrogen-bond acceptors (Lipinski definition) is 4. The highest BCUT2D eigenvalue weighted by Gasteiger charge is 2.25. The number of carboxylic acid groups (broad SMARTS) is 1. The molecule has 1 aliphatic heterocycles. The number of carbonyl (C=O) groups excluding carboxylic acids is 1. The smallest absolute Gasteiger partial charge is 0.352 e. The summed E-state index contributed by atoms with van der Waals surface area (Å²) in [5.74, 6) is -1.38. The van der Waals surface area contributed by atoms with Crippen LogP contribution in [0.2, 0.25) is 0 Å². The van der Waals surface area contributed by atoms with Gasteiger partial charge in [0.1, 0.15) is 5.71 Å². The molecule has 0 spiro atoms. The number of amides is 1. The van der Waals surface area contributed by atoms with Gasteiger partial charge in [0, 0.05) is 12.8 Å². The summed E-state index contributed by atoms with van der Waals surface area (Å²) in [5, 5.41) is 22.4. The number of rotatable bonds is 2. The van der Waals surface area contributed by atoms with Crippen molar-refractivity contribution in [3.05, 3.63) is 29.8 Å². The second kappa shape index (κ2) is 4.67. The SMILES string of the molecule is N#Cc1ccc(N2N=C(C(=O)O)CCC2=O)cc1. The summed E-state index contributed by atoms with van der Waals surface area (Å²) in [6.45, 7) is 0. The first-order valence-electron chi connectivity index (χ1n) is 5.25. The monoisotopic (exact) mass is 243 g/mol. The minimum atomic E-state index is -1.12. The van der Waals surface area contributed by atoms with E-state index in [1.54, 1.807) is 24.3 Å². The summed E-state index contributed by atoms with van der Waals surface area (Å²) >= 11 is 0. The quantitative estimate of drug-likeness (QED) is 0.842. The van der Waals surface area contributed by atoms with E-state index < -0.39 is 5.97 Å². The van der Waals surface area contributed by atoms with Crippen molar-refractivity contribution in [2.24, 2.45) is 5.10 Å². The Morgan fingerprint density at radius 3 is 2.56 bits per heavy atom. The zero-order valence-corrected chi connectivity index (χ0v) is 9.33. The summed E-state index contributed by atoms with van der Waals surface area (Å²) in [4.78, 5) is 22.5. The fourth-order valence-corrected chi connectivity index (χ4v) is 1.59. The van der Waals surface area contributed by atoms with Crippen molar-refractivity contribution in [3.8, 4) is 6.07 Å². The molecule has 0 saturated carbocycles. The third-order valence-electron chi connectivity index (χ3n) is 2.52. The number of hydrogen-bond donors (Lipinski definition) is 1. The number of nitriles is 1. The van der Waals surface area contributed by atoms with Crippen LogP contribution in [-0.4, -0.2) is 22.7 Å². The molecule has 0 unspecified atom stereocenters. The third-order valence-corrected chi connectivity index (χ3v) is 2.52. The predicted octanol–water partition coefficient (Wildman–Crippen LogP) is 1.13. The molecule has 1 N–H and O–H groups in total. The summed E-state index contributed by atoms with van der Waals surface area (Å²) in [6, 6.07) is 8.18. The number of anilines is 1. The van der Waals surface area contributed by atoms with Crippen LogP contribution in [0.4, 0.5) is 5.69 Å². The molecule has 0 aromatic heterocycles. The summed E-state index contributed by atoms with van der Waals surface area (Å²) in [6.07, 6.45) is 0.256. The molecule has 0 radical (unpaired) electrons. The van der Waals surface area contributed by atoms with Crippen molar-refractivity contribution in [1.82, 2.24) is 0 Å². The number of carbonyl (C=O) groups is 2. The molecule has 18 heavy (non-hydrogen) atoms. The first-order chi connectivity index (χ1) is 8.61. The maximum absolute atomic E-state index is 11.7. The van der Waals surface area contributed by atoms with Crippen LogP contribution >= 0.6 is 0 Å². The van der Waals surface area contributed by atoms with E-state index in [9.17, 15) is 9.59 Å². The number of nitrogens with zero attached hydrogens (tertiary/aromatic N) is 3. The van der Waals surface area contributed by atoms with Crippen molar-refractivity contribution in [2.75, 3.05) is 5.01 Å². The molecule has 1 amide bonds. The molecule has 0 atom stereocenters. The molecule has 1 heterocycles.